The van der Waals surface area contributed by atoms with Crippen molar-refractivity contribution in [2.75, 3.05) is 41.8 Å². The first-order valence-electron chi connectivity index (χ1n) is 15.3. The van der Waals surface area contributed by atoms with Crippen LogP contribution in [0.1, 0.15) is 53.6 Å². The molecule has 1 heterocycles. The number of halogens is 1. The first kappa shape index (κ1) is 38.6. The number of aryl methyl sites for hydroxylation is 1. The minimum absolute atomic E-state index is 0.122. The van der Waals surface area contributed by atoms with Crippen LogP contribution in [0.25, 0.3) is 0 Å². The number of benzene rings is 2. The number of nitrogens with two attached hydrogens (primary N) is 1. The van der Waals surface area contributed by atoms with Crippen molar-refractivity contribution >= 4 is 76.2 Å². The van der Waals surface area contributed by atoms with E-state index in [0.29, 0.717) is 35.8 Å². The van der Waals surface area contributed by atoms with Gasteiger partial charge in [0, 0.05) is 65.8 Å². The summed E-state index contributed by atoms with van der Waals surface area (Å²) in [5.41, 5.74) is 8.16. The van der Waals surface area contributed by atoms with Gasteiger partial charge in [-0.3, -0.25) is 23.9 Å². The number of nitrogens with one attached hydrogen (secondary N) is 4. The van der Waals surface area contributed by atoms with E-state index in [1.807, 2.05) is 32.0 Å². The summed E-state index contributed by atoms with van der Waals surface area (Å²) < 4.78 is 27.6. The molecule has 0 aliphatic carbocycles. The molecule has 0 spiro atoms. The van der Waals surface area contributed by atoms with Gasteiger partial charge in [0.1, 0.15) is 0 Å². The van der Waals surface area contributed by atoms with Gasteiger partial charge < -0.3 is 26.6 Å². The van der Waals surface area contributed by atoms with Crippen molar-refractivity contribution < 1.29 is 27.6 Å². The molecule has 258 valence electrons. The quantitative estimate of drug-likeness (QED) is 0.0898. The lowest BCUT2D eigenvalue weighted by atomic mass is 9.91. The number of sulfonamides is 1. The number of fused-ring (bicyclic) bond motifs is 1. The summed E-state index contributed by atoms with van der Waals surface area (Å²) in [5, 5.41) is 9.24. The molecule has 2 aromatic carbocycles. The van der Waals surface area contributed by atoms with Gasteiger partial charge in [0.25, 0.3) is 5.91 Å². The van der Waals surface area contributed by atoms with Gasteiger partial charge in [0.15, 0.2) is 0 Å². The van der Waals surface area contributed by atoms with Crippen LogP contribution in [0.5, 0.6) is 0 Å². The molecule has 16 heteroatoms. The Morgan fingerprint density at radius 3 is 2.21 bits per heavy atom. The number of nitrogens with zero attached hydrogens (tertiary/aromatic N) is 1. The first-order chi connectivity index (χ1) is 22.3. The van der Waals surface area contributed by atoms with E-state index in [1.165, 1.54) is 0 Å². The van der Waals surface area contributed by atoms with Crippen LogP contribution in [0.15, 0.2) is 42.5 Å². The number of unbranched alkanes of at least 4 members (excludes halogenated alkanes) is 1. The smallest absolute Gasteiger partial charge is 0.258 e. The summed E-state index contributed by atoms with van der Waals surface area (Å²) in [4.78, 5) is 51.9. The van der Waals surface area contributed by atoms with Crippen molar-refractivity contribution in [1.29, 1.82) is 0 Å². The maximum atomic E-state index is 13.5. The van der Waals surface area contributed by atoms with Crippen LogP contribution >= 0.6 is 36.9 Å². The van der Waals surface area contributed by atoms with Gasteiger partial charge in [-0.05, 0) is 62.6 Å². The first-order valence-corrected chi connectivity index (χ1v) is 18.6. The Morgan fingerprint density at radius 1 is 0.957 bits per heavy atom. The Balaban J connectivity index is 1.47. The molecule has 0 radical (unpaired) electrons. The largest absolute Gasteiger partial charge is 0.368 e. The standard InChI is InChI=1S/C31H43ClN6O6S3/c1-19-5-10-27-24(15-19)23(20(2)38(27)31(42)21-6-8-22(32)9-7-21)16-28(39)37-47(43,44)14-4-3-11-36-30(41)26(18-46)35-13-12-34-25(17-45)29(33)40/h5-10,15,20,23,25-26,34-35,45-46H,3-4,11-14,16-18H2,1-2H3,(H2,33,40)(H,36,41)(H,37,39)/t20?,23?,25-,26-/m0/s1. The van der Waals surface area contributed by atoms with E-state index in [9.17, 15) is 27.6 Å². The molecule has 0 fully saturated rings. The van der Waals surface area contributed by atoms with E-state index < -0.39 is 45.9 Å². The minimum atomic E-state index is -3.93. The lowest BCUT2D eigenvalue weighted by molar-refractivity contribution is -0.123. The lowest BCUT2D eigenvalue weighted by Gasteiger charge is -2.25. The Morgan fingerprint density at radius 2 is 1.60 bits per heavy atom. The Labute approximate surface area is 292 Å². The molecular weight excluding hydrogens is 684 g/mol. The molecule has 12 nitrogen and oxygen atoms in total. The number of anilines is 1. The van der Waals surface area contributed by atoms with E-state index in [-0.39, 0.29) is 48.5 Å². The molecule has 2 aromatic rings. The van der Waals surface area contributed by atoms with Gasteiger partial charge >= 0.3 is 0 Å². The van der Waals surface area contributed by atoms with Crippen molar-refractivity contribution in [1.82, 2.24) is 20.7 Å². The zero-order valence-electron chi connectivity index (χ0n) is 26.4. The van der Waals surface area contributed by atoms with Gasteiger partial charge in [-0.1, -0.05) is 29.3 Å². The molecular formula is C31H43ClN6O6S3. The van der Waals surface area contributed by atoms with Gasteiger partial charge in [-0.2, -0.15) is 25.3 Å². The number of thiol groups is 2. The highest BCUT2D eigenvalue weighted by atomic mass is 35.5. The molecule has 0 aromatic heterocycles. The van der Waals surface area contributed by atoms with Gasteiger partial charge in [0.2, 0.25) is 27.7 Å². The van der Waals surface area contributed by atoms with Crippen LogP contribution in [-0.4, -0.2) is 87.1 Å². The molecule has 2 unspecified atom stereocenters. The number of carbonyl (C=O) groups excluding carboxylic acids is 4. The van der Waals surface area contributed by atoms with Gasteiger partial charge in [-0.25, -0.2) is 8.42 Å². The average Bonchev–Trinajstić information content (AvgIpc) is 3.27. The molecule has 3 rings (SSSR count). The average molecular weight is 727 g/mol. The van der Waals surface area contributed by atoms with Crippen molar-refractivity contribution in [3.8, 4) is 0 Å². The van der Waals surface area contributed by atoms with Crippen molar-refractivity contribution in [3.63, 3.8) is 0 Å². The summed E-state index contributed by atoms with van der Waals surface area (Å²) in [5.74, 6) is -1.91. The van der Waals surface area contributed by atoms with Crippen LogP contribution in [0.3, 0.4) is 0 Å². The van der Waals surface area contributed by atoms with E-state index in [4.69, 9.17) is 17.3 Å². The van der Waals surface area contributed by atoms with Crippen LogP contribution < -0.4 is 31.3 Å². The topological polar surface area (TPSA) is 180 Å². The predicted octanol–water partition coefficient (Wildman–Crippen LogP) is 1.77. The van der Waals surface area contributed by atoms with Gasteiger partial charge in [0.05, 0.1) is 17.8 Å². The molecule has 0 saturated heterocycles. The maximum Gasteiger partial charge on any atom is 0.258 e. The van der Waals surface area contributed by atoms with Crippen LogP contribution in [0.4, 0.5) is 5.69 Å². The summed E-state index contributed by atoms with van der Waals surface area (Å²) in [6.45, 7) is 4.77. The molecule has 47 heavy (non-hydrogen) atoms. The van der Waals surface area contributed by atoms with E-state index >= 15 is 0 Å². The summed E-state index contributed by atoms with van der Waals surface area (Å²) in [6, 6.07) is 10.7. The third kappa shape index (κ3) is 11.1. The molecule has 0 bridgehead atoms. The second kappa shape index (κ2) is 18.1. The Kier molecular flexibility index (Phi) is 14.9. The highest BCUT2D eigenvalue weighted by molar-refractivity contribution is 7.90. The summed E-state index contributed by atoms with van der Waals surface area (Å²) in [7, 11) is -3.93. The Hall–Kier alpha value is -2.82. The number of carbonyl (C=O) groups is 4. The fraction of sp³-hybridized carbons (Fsp3) is 0.484. The van der Waals surface area contributed by atoms with Crippen LogP contribution in [0.2, 0.25) is 5.02 Å². The van der Waals surface area contributed by atoms with Gasteiger partial charge in [-0.15, -0.1) is 0 Å². The number of amides is 4. The highest BCUT2D eigenvalue weighted by Gasteiger charge is 2.40. The molecule has 0 saturated carbocycles. The molecule has 4 amide bonds. The second-order valence-electron chi connectivity index (χ2n) is 11.4. The second-order valence-corrected chi connectivity index (χ2v) is 14.4. The summed E-state index contributed by atoms with van der Waals surface area (Å²) in [6.07, 6.45) is 0.468. The fourth-order valence-electron chi connectivity index (χ4n) is 5.36. The summed E-state index contributed by atoms with van der Waals surface area (Å²) >= 11 is 14.3. The van der Waals surface area contributed by atoms with Crippen LogP contribution in [-0.2, 0) is 24.4 Å². The SMILES string of the molecule is Cc1ccc2c(c1)C(CC(=O)NS(=O)(=O)CCCCNC(=O)[C@H](CS)NCCN[C@@H](CS)C(N)=O)C(C)N2C(=O)c1ccc(Cl)cc1. The number of primary amides is 1. The number of hydrogen-bond acceptors (Lipinski definition) is 10. The van der Waals surface area contributed by atoms with E-state index in [0.717, 1.165) is 11.1 Å². The zero-order valence-corrected chi connectivity index (χ0v) is 29.7. The van der Waals surface area contributed by atoms with E-state index in [1.54, 1.807) is 29.2 Å². The molecule has 1 aliphatic heterocycles. The van der Waals surface area contributed by atoms with Crippen molar-refractivity contribution in [2.45, 2.75) is 57.2 Å². The van der Waals surface area contributed by atoms with Crippen LogP contribution in [0, 0.1) is 6.92 Å². The van der Waals surface area contributed by atoms with Crippen molar-refractivity contribution in [3.05, 3.63) is 64.2 Å². The fourth-order valence-corrected chi connectivity index (χ4v) is 7.21. The third-order valence-corrected chi connectivity index (χ3v) is 10.2. The molecule has 1 aliphatic rings. The third-order valence-electron chi connectivity index (χ3n) is 7.89. The highest BCUT2D eigenvalue weighted by Crippen LogP contribution is 2.44. The lowest BCUT2D eigenvalue weighted by Crippen LogP contribution is -2.50. The number of hydrogen-bond donors (Lipinski definition) is 7. The zero-order chi connectivity index (χ0) is 34.7. The normalized spacial score (nSPS) is 17.1. The Bertz CT molecular complexity index is 1530. The van der Waals surface area contributed by atoms with E-state index in [2.05, 4.69) is 45.9 Å². The monoisotopic (exact) mass is 726 g/mol. The molecule has 6 N–H and O–H groups in total. The number of rotatable bonds is 18. The minimum Gasteiger partial charge on any atom is -0.368 e. The molecule has 4 atom stereocenters. The maximum absolute atomic E-state index is 13.5. The predicted molar refractivity (Wildman–Crippen MR) is 191 cm³/mol. The van der Waals surface area contributed by atoms with Crippen molar-refractivity contribution in [2.24, 2.45) is 5.73 Å².